The molecule has 1 aromatic carbocycles. The lowest BCUT2D eigenvalue weighted by atomic mass is 9.90. The number of methoxy groups -OCH3 is 2. The second-order valence-corrected chi connectivity index (χ2v) is 7.66. The van der Waals surface area contributed by atoms with Gasteiger partial charge in [0.1, 0.15) is 11.5 Å². The number of nitrogens with zero attached hydrogens (tertiary/aromatic N) is 2. The third-order valence-corrected chi connectivity index (χ3v) is 5.17. The van der Waals surface area contributed by atoms with Crippen LogP contribution in [0.5, 0.6) is 11.5 Å². The Labute approximate surface area is 156 Å². The van der Waals surface area contributed by atoms with Crippen molar-refractivity contribution in [2.45, 2.75) is 45.6 Å². The number of piperidine rings is 1. The van der Waals surface area contributed by atoms with Gasteiger partial charge in [-0.25, -0.2) is 0 Å². The topological polar surface area (TPSA) is 50.4 Å². The summed E-state index contributed by atoms with van der Waals surface area (Å²) in [6, 6.07) is 6.03. The number of hydrogen-bond acceptors (Lipinski definition) is 4. The number of rotatable bonds is 7. The highest BCUT2D eigenvalue weighted by molar-refractivity contribution is 5.40. The van der Waals surface area contributed by atoms with Crippen molar-refractivity contribution in [3.63, 3.8) is 0 Å². The molecule has 1 fully saturated rings. The van der Waals surface area contributed by atoms with E-state index in [1.54, 1.807) is 14.2 Å². The molecule has 0 radical (unpaired) electrons. The van der Waals surface area contributed by atoms with Gasteiger partial charge in [-0.1, -0.05) is 13.8 Å². The van der Waals surface area contributed by atoms with Crippen LogP contribution in [-0.2, 0) is 13.0 Å². The molecule has 0 amide bonds. The Morgan fingerprint density at radius 3 is 2.81 bits per heavy atom. The Bertz CT molecular complexity index is 711. The van der Waals surface area contributed by atoms with Crippen molar-refractivity contribution in [2.75, 3.05) is 27.3 Å². The summed E-state index contributed by atoms with van der Waals surface area (Å²) in [4.78, 5) is 2.52. The lowest BCUT2D eigenvalue weighted by Gasteiger charge is -2.33. The van der Waals surface area contributed by atoms with E-state index in [9.17, 15) is 0 Å². The van der Waals surface area contributed by atoms with Crippen LogP contribution in [0.2, 0.25) is 0 Å². The maximum Gasteiger partial charge on any atom is 0.123 e. The summed E-state index contributed by atoms with van der Waals surface area (Å²) in [5.41, 5.74) is 3.89. The lowest BCUT2D eigenvalue weighted by Crippen LogP contribution is -2.34. The average Bonchev–Trinajstić information content (AvgIpc) is 3.09. The highest BCUT2D eigenvalue weighted by Crippen LogP contribution is 2.31. The van der Waals surface area contributed by atoms with Crippen molar-refractivity contribution in [1.29, 1.82) is 0 Å². The molecule has 3 rings (SSSR count). The second kappa shape index (κ2) is 8.58. The summed E-state index contributed by atoms with van der Waals surface area (Å²) >= 11 is 0. The standard InChI is InChI=1S/C21H31N3O2/c1-15(2)10-17-12-22-23-21(17)16-6-5-9-24(13-16)14-18-11-19(25-3)7-8-20(18)26-4/h7-8,11-12,15-16H,5-6,9-10,13-14H2,1-4H3,(H,22,23). The molecule has 142 valence electrons. The first-order valence-electron chi connectivity index (χ1n) is 9.56. The van der Waals surface area contributed by atoms with Crippen molar-refractivity contribution < 1.29 is 9.47 Å². The van der Waals surface area contributed by atoms with Gasteiger partial charge in [0.05, 0.1) is 20.4 Å². The van der Waals surface area contributed by atoms with Crippen LogP contribution >= 0.6 is 0 Å². The summed E-state index contributed by atoms with van der Waals surface area (Å²) in [6.45, 7) is 7.57. The Morgan fingerprint density at radius 1 is 1.23 bits per heavy atom. The summed E-state index contributed by atoms with van der Waals surface area (Å²) in [7, 11) is 3.43. The van der Waals surface area contributed by atoms with Gasteiger partial charge in [-0.05, 0) is 55.5 Å². The first-order valence-corrected chi connectivity index (χ1v) is 9.56. The van der Waals surface area contributed by atoms with Gasteiger partial charge in [0, 0.05) is 30.3 Å². The van der Waals surface area contributed by atoms with E-state index in [0.29, 0.717) is 11.8 Å². The van der Waals surface area contributed by atoms with Crippen LogP contribution in [-0.4, -0.2) is 42.4 Å². The van der Waals surface area contributed by atoms with Crippen molar-refractivity contribution in [3.05, 3.63) is 41.2 Å². The molecule has 1 aliphatic heterocycles. The maximum absolute atomic E-state index is 5.55. The number of nitrogens with one attached hydrogen (secondary N) is 1. The smallest absolute Gasteiger partial charge is 0.123 e. The van der Waals surface area contributed by atoms with Crippen LogP contribution in [0.15, 0.2) is 24.4 Å². The predicted molar refractivity (Wildman–Crippen MR) is 104 cm³/mol. The fraction of sp³-hybridized carbons (Fsp3) is 0.571. The number of benzene rings is 1. The molecule has 0 aliphatic carbocycles. The number of aromatic amines is 1. The minimum absolute atomic E-state index is 0.525. The zero-order valence-electron chi connectivity index (χ0n) is 16.4. The predicted octanol–water partition coefficient (Wildman–Crippen LogP) is 4.01. The van der Waals surface area contributed by atoms with E-state index in [1.165, 1.54) is 29.7 Å². The molecule has 26 heavy (non-hydrogen) atoms. The quantitative estimate of drug-likeness (QED) is 0.813. The van der Waals surface area contributed by atoms with Gasteiger partial charge in [0.15, 0.2) is 0 Å². The van der Waals surface area contributed by atoms with Crippen molar-refractivity contribution in [2.24, 2.45) is 5.92 Å². The van der Waals surface area contributed by atoms with E-state index in [2.05, 4.69) is 35.0 Å². The van der Waals surface area contributed by atoms with Crippen LogP contribution in [0.1, 0.15) is 49.4 Å². The van der Waals surface area contributed by atoms with Gasteiger partial charge in [-0.15, -0.1) is 0 Å². The first-order chi connectivity index (χ1) is 12.6. The normalized spacial score (nSPS) is 18.3. The van der Waals surface area contributed by atoms with Gasteiger partial charge in [-0.3, -0.25) is 10.00 Å². The van der Waals surface area contributed by atoms with Gasteiger partial charge in [0.25, 0.3) is 0 Å². The molecular weight excluding hydrogens is 326 g/mol. The monoisotopic (exact) mass is 357 g/mol. The summed E-state index contributed by atoms with van der Waals surface area (Å²) in [6.07, 6.45) is 5.53. The fourth-order valence-corrected chi connectivity index (χ4v) is 3.96. The van der Waals surface area contributed by atoms with Crippen molar-refractivity contribution in [3.8, 4) is 11.5 Å². The molecular formula is C21H31N3O2. The molecule has 1 atom stereocenters. The minimum atomic E-state index is 0.525. The molecule has 5 nitrogen and oxygen atoms in total. The number of likely N-dealkylation sites (tertiary alicyclic amines) is 1. The molecule has 2 aromatic rings. The van der Waals surface area contributed by atoms with Crippen molar-refractivity contribution in [1.82, 2.24) is 15.1 Å². The van der Waals surface area contributed by atoms with Gasteiger partial charge in [0.2, 0.25) is 0 Å². The van der Waals surface area contributed by atoms with Gasteiger partial charge >= 0.3 is 0 Å². The van der Waals surface area contributed by atoms with Gasteiger partial charge in [-0.2, -0.15) is 5.10 Å². The molecule has 1 aromatic heterocycles. The highest BCUT2D eigenvalue weighted by atomic mass is 16.5. The van der Waals surface area contributed by atoms with E-state index < -0.39 is 0 Å². The number of hydrogen-bond donors (Lipinski definition) is 1. The molecule has 1 saturated heterocycles. The summed E-state index contributed by atoms with van der Waals surface area (Å²) in [5.74, 6) is 2.97. The molecule has 0 bridgehead atoms. The number of H-pyrrole nitrogens is 1. The summed E-state index contributed by atoms with van der Waals surface area (Å²) < 4.78 is 10.9. The van der Waals surface area contributed by atoms with E-state index in [1.807, 2.05) is 18.3 Å². The average molecular weight is 357 g/mol. The Balaban J connectivity index is 1.72. The molecule has 0 saturated carbocycles. The second-order valence-electron chi connectivity index (χ2n) is 7.66. The van der Waals surface area contributed by atoms with Crippen molar-refractivity contribution >= 4 is 0 Å². The van der Waals surface area contributed by atoms with Crippen LogP contribution in [0.25, 0.3) is 0 Å². The third-order valence-electron chi connectivity index (χ3n) is 5.17. The molecule has 5 heteroatoms. The minimum Gasteiger partial charge on any atom is -0.497 e. The third kappa shape index (κ3) is 4.39. The number of ether oxygens (including phenoxy) is 2. The Hall–Kier alpha value is -2.01. The van der Waals surface area contributed by atoms with Crippen LogP contribution in [0.3, 0.4) is 0 Å². The van der Waals surface area contributed by atoms with E-state index >= 15 is 0 Å². The molecule has 1 aliphatic rings. The van der Waals surface area contributed by atoms with Gasteiger partial charge < -0.3 is 9.47 Å². The zero-order valence-corrected chi connectivity index (χ0v) is 16.4. The lowest BCUT2D eigenvalue weighted by molar-refractivity contribution is 0.195. The zero-order chi connectivity index (χ0) is 18.5. The molecule has 1 N–H and O–H groups in total. The SMILES string of the molecule is COc1ccc(OC)c(CN2CCCC(c3[nH]ncc3CC(C)C)C2)c1. The fourth-order valence-electron chi connectivity index (χ4n) is 3.96. The first kappa shape index (κ1) is 18.8. The molecule has 2 heterocycles. The van der Waals surface area contributed by atoms with Crippen LogP contribution in [0, 0.1) is 5.92 Å². The Kier molecular flexibility index (Phi) is 6.20. The van der Waals surface area contributed by atoms with E-state index in [0.717, 1.165) is 37.6 Å². The summed E-state index contributed by atoms with van der Waals surface area (Å²) in [5, 5.41) is 7.61. The van der Waals surface area contributed by atoms with Crippen LogP contribution in [0.4, 0.5) is 0 Å². The van der Waals surface area contributed by atoms with E-state index in [-0.39, 0.29) is 0 Å². The molecule has 0 spiro atoms. The number of aromatic nitrogens is 2. The van der Waals surface area contributed by atoms with E-state index in [4.69, 9.17) is 9.47 Å². The highest BCUT2D eigenvalue weighted by Gasteiger charge is 2.25. The van der Waals surface area contributed by atoms with Crippen LogP contribution < -0.4 is 9.47 Å². The largest absolute Gasteiger partial charge is 0.497 e. The Morgan fingerprint density at radius 2 is 2.08 bits per heavy atom. The molecule has 1 unspecified atom stereocenters. The maximum atomic E-state index is 5.55.